The molecule has 0 fully saturated rings. The van der Waals surface area contributed by atoms with Crippen molar-refractivity contribution in [3.05, 3.63) is 12.2 Å². The van der Waals surface area contributed by atoms with Gasteiger partial charge in [0.05, 0.1) is 6.61 Å². The maximum atomic E-state index is 12.2. The van der Waals surface area contributed by atoms with Crippen molar-refractivity contribution >= 4 is 11.9 Å². The van der Waals surface area contributed by atoms with E-state index in [1.54, 1.807) is 0 Å². The molecule has 338 valence electrons. The lowest BCUT2D eigenvalue weighted by atomic mass is 10.0. The third kappa shape index (κ3) is 47.2. The van der Waals surface area contributed by atoms with Gasteiger partial charge in [-0.1, -0.05) is 251 Å². The second-order valence-electron chi connectivity index (χ2n) is 17.6. The summed E-state index contributed by atoms with van der Waals surface area (Å²) in [6, 6.07) is 0. The molecule has 5 heteroatoms. The van der Waals surface area contributed by atoms with Crippen molar-refractivity contribution in [2.24, 2.45) is 0 Å². The topological polar surface area (TPSA) is 72.8 Å². The molecule has 0 rings (SSSR count). The Balaban J connectivity index is 3.32. The van der Waals surface area contributed by atoms with Gasteiger partial charge in [-0.05, 0) is 38.5 Å². The minimum absolute atomic E-state index is 0.0588. The number of aliphatic hydroxyl groups excluding tert-OH is 1. The number of ether oxygens (including phenoxy) is 2. The molecule has 0 spiro atoms. The molecule has 0 radical (unpaired) electrons. The summed E-state index contributed by atoms with van der Waals surface area (Å²) < 4.78 is 10.6. The zero-order valence-corrected chi connectivity index (χ0v) is 38.6. The highest BCUT2D eigenvalue weighted by molar-refractivity contribution is 5.70. The smallest absolute Gasteiger partial charge is 0.306 e. The highest BCUT2D eigenvalue weighted by atomic mass is 16.6. The Morgan fingerprint density at radius 3 is 0.947 bits per heavy atom. The predicted octanol–water partition coefficient (Wildman–Crippen LogP) is 16.8. The van der Waals surface area contributed by atoms with E-state index in [2.05, 4.69) is 26.0 Å². The summed E-state index contributed by atoms with van der Waals surface area (Å²) in [6.07, 6.45) is 59.3. The molecule has 0 aliphatic heterocycles. The molecule has 0 bridgehead atoms. The molecule has 5 nitrogen and oxygen atoms in total. The van der Waals surface area contributed by atoms with E-state index in [1.807, 2.05) is 0 Å². The Hall–Kier alpha value is -1.36. The second kappa shape index (κ2) is 49.0. The molecular weight excluding hydrogens is 705 g/mol. The Morgan fingerprint density at radius 2 is 0.649 bits per heavy atom. The number of carbonyl (C=O) groups is 2. The van der Waals surface area contributed by atoms with Crippen LogP contribution >= 0.6 is 0 Å². The molecule has 1 N–H and O–H groups in total. The van der Waals surface area contributed by atoms with Crippen LogP contribution in [-0.4, -0.2) is 36.4 Å². The molecule has 0 aliphatic carbocycles. The average Bonchev–Trinajstić information content (AvgIpc) is 3.21. The molecule has 57 heavy (non-hydrogen) atoms. The van der Waals surface area contributed by atoms with Crippen molar-refractivity contribution in [3.8, 4) is 0 Å². The lowest BCUT2D eigenvalue weighted by molar-refractivity contribution is -0.161. The fourth-order valence-corrected chi connectivity index (χ4v) is 7.91. The van der Waals surface area contributed by atoms with Crippen LogP contribution in [0, 0.1) is 0 Å². The number of hydrogen-bond acceptors (Lipinski definition) is 5. The number of esters is 2. The molecule has 0 amide bonds. The summed E-state index contributed by atoms with van der Waals surface area (Å²) in [7, 11) is 0. The zero-order chi connectivity index (χ0) is 41.4. The lowest BCUT2D eigenvalue weighted by Crippen LogP contribution is -2.28. The number of unbranched alkanes of at least 4 members (excludes halogenated alkanes) is 38. The minimum atomic E-state index is -0.762. The van der Waals surface area contributed by atoms with Crippen LogP contribution < -0.4 is 0 Å². The summed E-state index contributed by atoms with van der Waals surface area (Å²) in [6.45, 7) is 4.14. The van der Waals surface area contributed by atoms with Gasteiger partial charge in [0.2, 0.25) is 0 Å². The van der Waals surface area contributed by atoms with Crippen LogP contribution in [0.5, 0.6) is 0 Å². The van der Waals surface area contributed by atoms with Crippen LogP contribution in [0.25, 0.3) is 0 Å². The van der Waals surface area contributed by atoms with Crippen LogP contribution in [0.4, 0.5) is 0 Å². The van der Waals surface area contributed by atoms with Crippen LogP contribution in [0.1, 0.15) is 290 Å². The molecule has 0 aromatic heterocycles. The van der Waals surface area contributed by atoms with Gasteiger partial charge >= 0.3 is 11.9 Å². The molecule has 0 saturated carbocycles. The van der Waals surface area contributed by atoms with E-state index in [0.717, 1.165) is 38.5 Å². The fraction of sp³-hybridized carbons (Fsp3) is 0.923. The Bertz CT molecular complexity index is 825. The number of aliphatic hydroxyl groups is 1. The summed E-state index contributed by atoms with van der Waals surface area (Å²) in [5.41, 5.74) is 0. The van der Waals surface area contributed by atoms with Gasteiger partial charge in [0.25, 0.3) is 0 Å². The molecule has 1 unspecified atom stereocenters. The monoisotopic (exact) mass is 805 g/mol. The van der Waals surface area contributed by atoms with E-state index in [-0.39, 0.29) is 25.2 Å². The van der Waals surface area contributed by atoms with E-state index in [1.165, 1.54) is 225 Å². The van der Waals surface area contributed by atoms with Crippen molar-refractivity contribution in [1.29, 1.82) is 0 Å². The molecule has 0 heterocycles. The Labute approximate surface area is 356 Å². The standard InChI is InChI=1S/C52H100O5/c1-3-5-7-9-11-13-14-15-16-17-18-19-20-21-22-23-24-25-26-27-28-29-30-31-32-33-34-35-36-37-38-39-41-43-45-47-52(55)57-50(48-53)49-56-51(54)46-44-42-40-12-10-8-6-4-2/h17-18,50,53H,3-16,19-49H2,1-2H3/b18-17-. The summed E-state index contributed by atoms with van der Waals surface area (Å²) >= 11 is 0. The van der Waals surface area contributed by atoms with Crippen molar-refractivity contribution in [2.45, 2.75) is 296 Å². The summed E-state index contributed by atoms with van der Waals surface area (Å²) in [5.74, 6) is -0.580. The Kier molecular flexibility index (Phi) is 47.8. The largest absolute Gasteiger partial charge is 0.462 e. The highest BCUT2D eigenvalue weighted by Gasteiger charge is 2.16. The van der Waals surface area contributed by atoms with Crippen molar-refractivity contribution < 1.29 is 24.2 Å². The van der Waals surface area contributed by atoms with Crippen LogP contribution in [0.2, 0.25) is 0 Å². The van der Waals surface area contributed by atoms with Gasteiger partial charge in [0.1, 0.15) is 6.61 Å². The average molecular weight is 805 g/mol. The lowest BCUT2D eigenvalue weighted by Gasteiger charge is -2.15. The zero-order valence-electron chi connectivity index (χ0n) is 38.6. The van der Waals surface area contributed by atoms with E-state index >= 15 is 0 Å². The molecule has 0 saturated heterocycles. The first-order chi connectivity index (χ1) is 28.1. The fourth-order valence-electron chi connectivity index (χ4n) is 7.91. The van der Waals surface area contributed by atoms with Gasteiger partial charge in [-0.15, -0.1) is 0 Å². The highest BCUT2D eigenvalue weighted by Crippen LogP contribution is 2.17. The van der Waals surface area contributed by atoms with Gasteiger partial charge in [-0.3, -0.25) is 9.59 Å². The first-order valence-corrected chi connectivity index (χ1v) is 25.7. The molecule has 0 aromatic carbocycles. The van der Waals surface area contributed by atoms with Crippen LogP contribution in [0.15, 0.2) is 12.2 Å². The normalized spacial score (nSPS) is 12.1. The van der Waals surface area contributed by atoms with Crippen molar-refractivity contribution in [2.75, 3.05) is 13.2 Å². The molecule has 0 aromatic rings. The molecular formula is C52H100O5. The van der Waals surface area contributed by atoms with Crippen LogP contribution in [0.3, 0.4) is 0 Å². The van der Waals surface area contributed by atoms with Gasteiger partial charge in [0, 0.05) is 12.8 Å². The molecule has 0 aliphatic rings. The number of hydrogen-bond donors (Lipinski definition) is 1. The quantitative estimate of drug-likeness (QED) is 0.0377. The maximum Gasteiger partial charge on any atom is 0.306 e. The number of allylic oxidation sites excluding steroid dienone is 2. The summed E-state index contributed by atoms with van der Waals surface area (Å²) in [5, 5.41) is 9.55. The van der Waals surface area contributed by atoms with Gasteiger partial charge < -0.3 is 14.6 Å². The molecule has 1 atom stereocenters. The third-order valence-corrected chi connectivity index (χ3v) is 11.8. The summed E-state index contributed by atoms with van der Waals surface area (Å²) in [4.78, 5) is 24.2. The minimum Gasteiger partial charge on any atom is -0.462 e. The van der Waals surface area contributed by atoms with E-state index < -0.39 is 6.10 Å². The predicted molar refractivity (Wildman–Crippen MR) is 247 cm³/mol. The van der Waals surface area contributed by atoms with Crippen LogP contribution in [-0.2, 0) is 19.1 Å². The number of carbonyl (C=O) groups excluding carboxylic acids is 2. The SMILES string of the molecule is CCCCCCCCCC/C=C\CCCCCCCCCCCCCCCCCCCCCCCCCC(=O)OC(CO)COC(=O)CCCCCCCCCC. The third-order valence-electron chi connectivity index (χ3n) is 11.8. The number of rotatable bonds is 48. The maximum absolute atomic E-state index is 12.2. The van der Waals surface area contributed by atoms with E-state index in [4.69, 9.17) is 9.47 Å². The van der Waals surface area contributed by atoms with Gasteiger partial charge in [-0.2, -0.15) is 0 Å². The second-order valence-corrected chi connectivity index (χ2v) is 17.6. The first kappa shape index (κ1) is 55.6. The van der Waals surface area contributed by atoms with Crippen molar-refractivity contribution in [1.82, 2.24) is 0 Å². The van der Waals surface area contributed by atoms with Crippen molar-refractivity contribution in [3.63, 3.8) is 0 Å². The Morgan fingerprint density at radius 1 is 0.386 bits per heavy atom. The van der Waals surface area contributed by atoms with Gasteiger partial charge in [0.15, 0.2) is 6.10 Å². The van der Waals surface area contributed by atoms with Gasteiger partial charge in [-0.25, -0.2) is 0 Å². The van der Waals surface area contributed by atoms with E-state index in [0.29, 0.717) is 12.8 Å². The first-order valence-electron chi connectivity index (χ1n) is 25.7. The van der Waals surface area contributed by atoms with E-state index in [9.17, 15) is 14.7 Å².